The van der Waals surface area contributed by atoms with Gasteiger partial charge in [0.25, 0.3) is 5.91 Å². The van der Waals surface area contributed by atoms with Gasteiger partial charge >= 0.3 is 0 Å². The Hall–Kier alpha value is -0.330. The van der Waals surface area contributed by atoms with Gasteiger partial charge in [-0.2, -0.15) is 0 Å². The summed E-state index contributed by atoms with van der Waals surface area (Å²) in [5.41, 5.74) is 0.710. The lowest BCUT2D eigenvalue weighted by atomic mass is 10.1. The molecule has 0 saturated carbocycles. The van der Waals surface area contributed by atoms with E-state index in [4.69, 9.17) is 11.6 Å². The molecule has 21 heavy (non-hydrogen) atoms. The second-order valence-corrected chi connectivity index (χ2v) is 7.62. The molecular weight excluding hydrogens is 399 g/mol. The Morgan fingerprint density at radius 3 is 2.90 bits per heavy atom. The molecule has 1 amide bonds. The predicted molar refractivity (Wildman–Crippen MR) is 95.9 cm³/mol. The van der Waals surface area contributed by atoms with Gasteiger partial charge in [0.15, 0.2) is 0 Å². The van der Waals surface area contributed by atoms with Crippen LogP contribution in [0, 0.1) is 9.49 Å². The third-order valence-corrected chi connectivity index (χ3v) is 4.81. The highest BCUT2D eigenvalue weighted by Gasteiger charge is 2.24. The fourth-order valence-electron chi connectivity index (χ4n) is 2.69. The summed E-state index contributed by atoms with van der Waals surface area (Å²) in [4.78, 5) is 14.8. The summed E-state index contributed by atoms with van der Waals surface area (Å²) in [6.07, 6.45) is 2.34. The molecule has 0 aromatic heterocycles. The third kappa shape index (κ3) is 4.83. The first-order valence-electron chi connectivity index (χ1n) is 7.45. The van der Waals surface area contributed by atoms with Crippen LogP contribution in [0.5, 0.6) is 0 Å². The molecular formula is C16H22ClIN2O. The van der Waals surface area contributed by atoms with Crippen LogP contribution in [0.3, 0.4) is 0 Å². The fourth-order valence-corrected chi connectivity index (χ4v) is 3.43. The van der Waals surface area contributed by atoms with Gasteiger partial charge in [-0.15, -0.1) is 0 Å². The molecule has 0 spiro atoms. The molecule has 1 unspecified atom stereocenters. The molecule has 1 aromatic carbocycles. The molecule has 0 aliphatic carbocycles. The van der Waals surface area contributed by atoms with E-state index in [2.05, 4.69) is 41.8 Å². The van der Waals surface area contributed by atoms with E-state index in [1.165, 1.54) is 6.42 Å². The summed E-state index contributed by atoms with van der Waals surface area (Å²) in [6.45, 7) is 6.90. The molecule has 1 fully saturated rings. The first-order valence-corrected chi connectivity index (χ1v) is 8.90. The van der Waals surface area contributed by atoms with E-state index in [-0.39, 0.29) is 5.91 Å². The maximum atomic E-state index is 12.9. The van der Waals surface area contributed by atoms with Crippen molar-refractivity contribution in [2.24, 2.45) is 5.92 Å². The van der Waals surface area contributed by atoms with E-state index in [9.17, 15) is 4.79 Å². The molecule has 1 saturated heterocycles. The first kappa shape index (κ1) is 17.0. The number of amides is 1. The lowest BCUT2D eigenvalue weighted by Crippen LogP contribution is -2.43. The van der Waals surface area contributed by atoms with Crippen LogP contribution < -0.4 is 5.32 Å². The Morgan fingerprint density at radius 2 is 2.29 bits per heavy atom. The molecule has 1 N–H and O–H groups in total. The molecule has 1 aromatic rings. The zero-order valence-corrected chi connectivity index (χ0v) is 15.4. The summed E-state index contributed by atoms with van der Waals surface area (Å²) < 4.78 is 0.954. The number of carbonyl (C=O) groups excluding carboxylic acids is 1. The van der Waals surface area contributed by atoms with Crippen LogP contribution >= 0.6 is 34.2 Å². The van der Waals surface area contributed by atoms with E-state index < -0.39 is 0 Å². The SMILES string of the molecule is CC(C)CN(CC1CCCN1)C(=O)c1cc(Cl)ccc1I. The van der Waals surface area contributed by atoms with Gasteiger partial charge in [-0.05, 0) is 66.1 Å². The van der Waals surface area contributed by atoms with Crippen LogP contribution in [-0.4, -0.2) is 36.5 Å². The van der Waals surface area contributed by atoms with Crippen LogP contribution in [0.2, 0.25) is 5.02 Å². The number of hydrogen-bond acceptors (Lipinski definition) is 2. The quantitative estimate of drug-likeness (QED) is 0.735. The van der Waals surface area contributed by atoms with Gasteiger partial charge in [0.05, 0.1) is 5.56 Å². The molecule has 1 heterocycles. The van der Waals surface area contributed by atoms with Crippen molar-refractivity contribution in [1.29, 1.82) is 0 Å². The molecule has 2 rings (SSSR count). The molecule has 1 atom stereocenters. The van der Waals surface area contributed by atoms with E-state index in [0.717, 1.165) is 29.6 Å². The third-order valence-electron chi connectivity index (χ3n) is 3.63. The van der Waals surface area contributed by atoms with Crippen LogP contribution in [0.15, 0.2) is 18.2 Å². The summed E-state index contributed by atoms with van der Waals surface area (Å²) in [7, 11) is 0. The van der Waals surface area contributed by atoms with Crippen LogP contribution in [0.25, 0.3) is 0 Å². The maximum Gasteiger partial charge on any atom is 0.255 e. The van der Waals surface area contributed by atoms with Crippen molar-refractivity contribution in [2.45, 2.75) is 32.7 Å². The van der Waals surface area contributed by atoms with Gasteiger partial charge in [-0.3, -0.25) is 4.79 Å². The molecule has 1 aliphatic heterocycles. The van der Waals surface area contributed by atoms with Gasteiger partial charge in [-0.25, -0.2) is 0 Å². The molecule has 1 aliphatic rings. The summed E-state index contributed by atoms with van der Waals surface area (Å²) in [5, 5.41) is 4.08. The van der Waals surface area contributed by atoms with Crippen molar-refractivity contribution < 1.29 is 4.79 Å². The number of hydrogen-bond donors (Lipinski definition) is 1. The van der Waals surface area contributed by atoms with E-state index in [1.54, 1.807) is 6.07 Å². The lowest BCUT2D eigenvalue weighted by molar-refractivity contribution is 0.0720. The second kappa shape index (κ2) is 7.79. The van der Waals surface area contributed by atoms with Gasteiger partial charge in [0.1, 0.15) is 0 Å². The monoisotopic (exact) mass is 420 g/mol. The van der Waals surface area contributed by atoms with E-state index >= 15 is 0 Å². The maximum absolute atomic E-state index is 12.9. The average Bonchev–Trinajstić information content (AvgIpc) is 2.92. The number of halogens is 2. The molecule has 5 heteroatoms. The van der Waals surface area contributed by atoms with Crippen LogP contribution in [-0.2, 0) is 0 Å². The Morgan fingerprint density at radius 1 is 1.52 bits per heavy atom. The van der Waals surface area contributed by atoms with Gasteiger partial charge < -0.3 is 10.2 Å². The van der Waals surface area contributed by atoms with Gasteiger partial charge in [0, 0.05) is 27.7 Å². The Labute approximate surface area is 145 Å². The van der Waals surface area contributed by atoms with Crippen molar-refractivity contribution in [3.05, 3.63) is 32.4 Å². The van der Waals surface area contributed by atoms with Crippen LogP contribution in [0.1, 0.15) is 37.0 Å². The highest BCUT2D eigenvalue weighted by atomic mass is 127. The van der Waals surface area contributed by atoms with Crippen molar-refractivity contribution in [3.63, 3.8) is 0 Å². The van der Waals surface area contributed by atoms with Crippen molar-refractivity contribution in [3.8, 4) is 0 Å². The molecule has 3 nitrogen and oxygen atoms in total. The minimum absolute atomic E-state index is 0.0873. The Balaban J connectivity index is 2.17. The molecule has 0 radical (unpaired) electrons. The highest BCUT2D eigenvalue weighted by molar-refractivity contribution is 14.1. The summed E-state index contributed by atoms with van der Waals surface area (Å²) in [6, 6.07) is 5.92. The second-order valence-electron chi connectivity index (χ2n) is 6.02. The van der Waals surface area contributed by atoms with Crippen molar-refractivity contribution in [1.82, 2.24) is 10.2 Å². The first-order chi connectivity index (χ1) is 9.97. The summed E-state index contributed by atoms with van der Waals surface area (Å²) >= 11 is 8.26. The standard InChI is InChI=1S/C16H22ClIN2O/c1-11(2)9-20(10-13-4-3-7-19-13)16(21)14-8-12(17)5-6-15(14)18/h5-6,8,11,13,19H,3-4,7,9-10H2,1-2H3. The number of benzene rings is 1. The minimum Gasteiger partial charge on any atom is -0.337 e. The topological polar surface area (TPSA) is 32.3 Å². The van der Waals surface area contributed by atoms with Gasteiger partial charge in [0.2, 0.25) is 0 Å². The van der Waals surface area contributed by atoms with Crippen molar-refractivity contribution in [2.75, 3.05) is 19.6 Å². The minimum atomic E-state index is 0.0873. The zero-order valence-electron chi connectivity index (χ0n) is 12.5. The van der Waals surface area contributed by atoms with E-state index in [0.29, 0.717) is 22.5 Å². The number of carbonyl (C=O) groups is 1. The van der Waals surface area contributed by atoms with Crippen molar-refractivity contribution >= 4 is 40.1 Å². The smallest absolute Gasteiger partial charge is 0.255 e. The predicted octanol–water partition coefficient (Wildman–Crippen LogP) is 3.79. The number of nitrogens with zero attached hydrogens (tertiary/aromatic N) is 1. The van der Waals surface area contributed by atoms with Gasteiger partial charge in [-0.1, -0.05) is 25.4 Å². The fraction of sp³-hybridized carbons (Fsp3) is 0.562. The number of nitrogens with one attached hydrogen (secondary N) is 1. The lowest BCUT2D eigenvalue weighted by Gasteiger charge is -2.28. The van der Waals surface area contributed by atoms with E-state index in [1.807, 2.05) is 17.0 Å². The normalized spacial score (nSPS) is 18.2. The average molecular weight is 421 g/mol. The number of rotatable bonds is 5. The Bertz CT molecular complexity index is 501. The highest BCUT2D eigenvalue weighted by Crippen LogP contribution is 2.21. The van der Waals surface area contributed by atoms with Crippen LogP contribution in [0.4, 0.5) is 0 Å². The summed E-state index contributed by atoms with van der Waals surface area (Å²) in [5.74, 6) is 0.538. The molecule has 116 valence electrons. The zero-order chi connectivity index (χ0) is 15.4. The largest absolute Gasteiger partial charge is 0.337 e. The Kier molecular flexibility index (Phi) is 6.32. The molecule has 0 bridgehead atoms.